The molecule has 0 fully saturated rings. The van der Waals surface area contributed by atoms with Crippen LogP contribution in [0.25, 0.3) is 10.9 Å². The third-order valence-electron chi connectivity index (χ3n) is 5.22. The minimum Gasteiger partial charge on any atom is -0.350 e. The minimum absolute atomic E-state index is 0.0201. The number of rotatable bonds is 6. The molecule has 0 bridgehead atoms. The predicted molar refractivity (Wildman–Crippen MR) is 109 cm³/mol. The van der Waals surface area contributed by atoms with E-state index in [2.05, 4.69) is 45.8 Å². The van der Waals surface area contributed by atoms with Gasteiger partial charge in [0.1, 0.15) is 5.69 Å². The van der Waals surface area contributed by atoms with Gasteiger partial charge >= 0.3 is 0 Å². The highest BCUT2D eigenvalue weighted by atomic mass is 16.2. The molecule has 3 aromatic rings. The van der Waals surface area contributed by atoms with Gasteiger partial charge < -0.3 is 19.8 Å². The largest absolute Gasteiger partial charge is 0.350 e. The number of likely N-dealkylation sites (N-methyl/N-ethyl adjacent to an activating group) is 1. The average Bonchev–Trinajstić information content (AvgIpc) is 3.18. The molecule has 0 unspecified atom stereocenters. The van der Waals surface area contributed by atoms with E-state index in [1.165, 1.54) is 5.56 Å². The van der Waals surface area contributed by atoms with Gasteiger partial charge in [0.15, 0.2) is 0 Å². The van der Waals surface area contributed by atoms with E-state index in [4.69, 9.17) is 0 Å². The molecule has 6 heteroatoms. The van der Waals surface area contributed by atoms with E-state index >= 15 is 0 Å². The maximum Gasteiger partial charge on any atom is 0.270 e. The van der Waals surface area contributed by atoms with Crippen molar-refractivity contribution in [2.24, 2.45) is 0 Å². The van der Waals surface area contributed by atoms with Crippen molar-refractivity contribution in [3.63, 3.8) is 0 Å². The molecule has 144 valence electrons. The van der Waals surface area contributed by atoms with Crippen LogP contribution in [0.5, 0.6) is 0 Å². The molecule has 2 aromatic heterocycles. The third-order valence-corrected chi connectivity index (χ3v) is 5.22. The van der Waals surface area contributed by atoms with Gasteiger partial charge in [0.2, 0.25) is 0 Å². The molecule has 0 spiro atoms. The number of imidazole rings is 1. The second kappa shape index (κ2) is 7.56. The topological polar surface area (TPSA) is 68.0 Å². The number of amides is 1. The Bertz CT molecular complexity index is 967. The second-order valence-corrected chi connectivity index (χ2v) is 7.58. The predicted octanol–water partition coefficient (Wildman–Crippen LogP) is 3.33. The molecular weight excluding hydrogens is 338 g/mol. The molecule has 2 N–H and O–H groups in total. The highest BCUT2D eigenvalue weighted by molar-refractivity contribution is 6.02. The van der Waals surface area contributed by atoms with Gasteiger partial charge in [-0.25, -0.2) is 4.98 Å². The third kappa shape index (κ3) is 3.76. The molecule has 0 radical (unpaired) electrons. The number of hydrogen-bond acceptors (Lipinski definition) is 3. The molecule has 0 aliphatic heterocycles. The van der Waals surface area contributed by atoms with Crippen molar-refractivity contribution in [1.29, 1.82) is 0 Å². The van der Waals surface area contributed by atoms with Crippen molar-refractivity contribution in [2.45, 2.75) is 34.2 Å². The maximum absolute atomic E-state index is 13.4. The van der Waals surface area contributed by atoms with E-state index in [-0.39, 0.29) is 5.91 Å². The molecule has 27 heavy (non-hydrogen) atoms. The normalized spacial score (nSPS) is 11.5. The number of H-pyrrole nitrogens is 2. The Hall–Kier alpha value is -2.60. The van der Waals surface area contributed by atoms with Gasteiger partial charge in [0.05, 0.1) is 18.6 Å². The Labute approximate surface area is 160 Å². The molecule has 1 aromatic carbocycles. The number of hydrogen-bond donors (Lipinski definition) is 2. The van der Waals surface area contributed by atoms with Crippen LogP contribution in [0.15, 0.2) is 18.5 Å². The zero-order chi connectivity index (χ0) is 19.7. The zero-order valence-corrected chi connectivity index (χ0v) is 17.1. The first-order valence-electron chi connectivity index (χ1n) is 9.31. The van der Waals surface area contributed by atoms with Gasteiger partial charge in [-0.15, -0.1) is 0 Å². The van der Waals surface area contributed by atoms with Crippen LogP contribution < -0.4 is 0 Å². The van der Waals surface area contributed by atoms with Gasteiger partial charge in [0.25, 0.3) is 5.91 Å². The smallest absolute Gasteiger partial charge is 0.270 e. The number of benzene rings is 1. The molecule has 1 amide bonds. The number of aromatic nitrogens is 3. The van der Waals surface area contributed by atoms with Gasteiger partial charge in [-0.3, -0.25) is 4.79 Å². The fourth-order valence-corrected chi connectivity index (χ4v) is 3.47. The van der Waals surface area contributed by atoms with E-state index in [1.807, 2.05) is 32.8 Å². The maximum atomic E-state index is 13.4. The fourth-order valence-electron chi connectivity index (χ4n) is 3.47. The van der Waals surface area contributed by atoms with Gasteiger partial charge in [-0.2, -0.15) is 0 Å². The number of fused-ring (bicyclic) bond motifs is 1. The summed E-state index contributed by atoms with van der Waals surface area (Å²) in [5, 5.41) is 1.15. The first-order valence-corrected chi connectivity index (χ1v) is 9.31. The number of nitrogens with zero attached hydrogens (tertiary/aromatic N) is 3. The lowest BCUT2D eigenvalue weighted by atomic mass is 10.0. The first kappa shape index (κ1) is 19.2. The Morgan fingerprint density at radius 3 is 2.37 bits per heavy atom. The van der Waals surface area contributed by atoms with Crippen molar-refractivity contribution in [3.05, 3.63) is 52.2 Å². The summed E-state index contributed by atoms with van der Waals surface area (Å²) in [6.45, 7) is 10.1. The minimum atomic E-state index is 0.0201. The lowest BCUT2D eigenvalue weighted by molar-refractivity contribution is 0.0724. The SMILES string of the molecule is Cc1[nH]cnc1CN(CCN(C)C)C(=O)c1[nH]c2c(C)ccc(C)c2c1C. The summed E-state index contributed by atoms with van der Waals surface area (Å²) in [5.41, 5.74) is 6.99. The molecule has 0 atom stereocenters. The van der Waals surface area contributed by atoms with Crippen LogP contribution in [0.2, 0.25) is 0 Å². The van der Waals surface area contributed by atoms with Crippen LogP contribution in [0.3, 0.4) is 0 Å². The highest BCUT2D eigenvalue weighted by Gasteiger charge is 2.23. The van der Waals surface area contributed by atoms with Crippen LogP contribution in [0.1, 0.15) is 38.6 Å². The van der Waals surface area contributed by atoms with E-state index in [0.29, 0.717) is 18.8 Å². The lowest BCUT2D eigenvalue weighted by Crippen LogP contribution is -2.37. The van der Waals surface area contributed by atoms with Gasteiger partial charge in [-0.05, 0) is 58.5 Å². The molecule has 3 rings (SSSR count). The van der Waals surface area contributed by atoms with Crippen molar-refractivity contribution in [2.75, 3.05) is 27.2 Å². The molecular formula is C21H29N5O. The molecule has 0 aliphatic carbocycles. The fraction of sp³-hybridized carbons (Fsp3) is 0.429. The number of carbonyl (C=O) groups is 1. The molecule has 0 saturated carbocycles. The van der Waals surface area contributed by atoms with Crippen LogP contribution in [-0.4, -0.2) is 57.8 Å². The summed E-state index contributed by atoms with van der Waals surface area (Å²) in [7, 11) is 4.03. The zero-order valence-electron chi connectivity index (χ0n) is 17.1. The quantitative estimate of drug-likeness (QED) is 0.702. The summed E-state index contributed by atoms with van der Waals surface area (Å²) in [6.07, 6.45) is 1.68. The van der Waals surface area contributed by atoms with Gasteiger partial charge in [-0.1, -0.05) is 12.1 Å². The van der Waals surface area contributed by atoms with Crippen LogP contribution in [0, 0.1) is 27.7 Å². The summed E-state index contributed by atoms with van der Waals surface area (Å²) in [4.78, 5) is 28.3. The number of nitrogens with one attached hydrogen (secondary N) is 2. The standard InChI is InChI=1S/C21H29N5O/c1-13-7-8-14(2)19-18(13)15(3)20(24-19)21(27)26(10-9-25(5)6)11-17-16(4)22-12-23-17/h7-8,12,24H,9-11H2,1-6H3,(H,22,23). The average molecular weight is 367 g/mol. The summed E-state index contributed by atoms with van der Waals surface area (Å²) in [6, 6.07) is 4.21. The van der Waals surface area contributed by atoms with Crippen molar-refractivity contribution >= 4 is 16.8 Å². The van der Waals surface area contributed by atoms with Crippen molar-refractivity contribution in [3.8, 4) is 0 Å². The Balaban J connectivity index is 1.99. The number of aryl methyl sites for hydroxylation is 4. The number of carbonyl (C=O) groups excluding carboxylic acids is 1. The Morgan fingerprint density at radius 2 is 1.78 bits per heavy atom. The van der Waals surface area contributed by atoms with Crippen LogP contribution in [0.4, 0.5) is 0 Å². The number of aromatic amines is 2. The molecule has 0 saturated heterocycles. The van der Waals surface area contributed by atoms with Crippen molar-refractivity contribution in [1.82, 2.24) is 24.8 Å². The molecule has 2 heterocycles. The van der Waals surface area contributed by atoms with Crippen molar-refractivity contribution < 1.29 is 4.79 Å². The van der Waals surface area contributed by atoms with Crippen LogP contribution in [-0.2, 0) is 6.54 Å². The summed E-state index contributed by atoms with van der Waals surface area (Å²) >= 11 is 0. The van der Waals surface area contributed by atoms with Crippen LogP contribution >= 0.6 is 0 Å². The van der Waals surface area contributed by atoms with E-state index in [0.717, 1.165) is 40.0 Å². The van der Waals surface area contributed by atoms with E-state index in [1.54, 1.807) is 6.33 Å². The van der Waals surface area contributed by atoms with E-state index < -0.39 is 0 Å². The first-order chi connectivity index (χ1) is 12.8. The Kier molecular flexibility index (Phi) is 5.37. The lowest BCUT2D eigenvalue weighted by Gasteiger charge is -2.24. The molecule has 6 nitrogen and oxygen atoms in total. The summed E-state index contributed by atoms with van der Waals surface area (Å²) in [5.74, 6) is 0.0201. The second-order valence-electron chi connectivity index (χ2n) is 7.58. The molecule has 0 aliphatic rings. The van der Waals surface area contributed by atoms with E-state index in [9.17, 15) is 4.79 Å². The Morgan fingerprint density at radius 1 is 1.07 bits per heavy atom. The highest BCUT2D eigenvalue weighted by Crippen LogP contribution is 2.28. The van der Waals surface area contributed by atoms with Gasteiger partial charge in [0, 0.05) is 29.7 Å². The summed E-state index contributed by atoms with van der Waals surface area (Å²) < 4.78 is 0. The monoisotopic (exact) mass is 367 g/mol.